The summed E-state index contributed by atoms with van der Waals surface area (Å²) < 4.78 is 0. The highest BCUT2D eigenvalue weighted by molar-refractivity contribution is 7.98. The topological polar surface area (TPSA) is 0 Å². The van der Waals surface area contributed by atoms with Gasteiger partial charge in [-0.25, -0.2) is 0 Å². The second-order valence-electron chi connectivity index (χ2n) is 4.04. The lowest BCUT2D eigenvalue weighted by Gasteiger charge is -1.97. The van der Waals surface area contributed by atoms with E-state index in [1.54, 1.807) is 11.8 Å². The van der Waals surface area contributed by atoms with Gasteiger partial charge in [-0.05, 0) is 44.2 Å². The monoisotopic (exact) mass is 202 g/mol. The Morgan fingerprint density at radius 3 is 2.79 bits per heavy atom. The van der Waals surface area contributed by atoms with E-state index in [-0.39, 0.29) is 0 Å². The molecule has 1 aliphatic rings. The fraction of sp³-hybridized carbons (Fsp3) is 0.385. The molecule has 0 N–H and O–H groups in total. The third-order valence-electron chi connectivity index (χ3n) is 2.58. The predicted molar refractivity (Wildman–Crippen MR) is 62.4 cm³/mol. The van der Waals surface area contributed by atoms with E-state index in [0.717, 1.165) is 5.56 Å². The molecule has 72 valence electrons. The first kappa shape index (κ1) is 9.68. The van der Waals surface area contributed by atoms with Crippen molar-refractivity contribution < 1.29 is 0 Å². The molecule has 0 aliphatic heterocycles. The minimum atomic E-state index is 0.329. The lowest BCUT2D eigenvalue weighted by molar-refractivity contribution is 0.783. The first-order valence-electron chi connectivity index (χ1n) is 4.89. The molecule has 0 atom stereocenters. The second kappa shape index (κ2) is 3.71. The van der Waals surface area contributed by atoms with Crippen LogP contribution in [-0.4, -0.2) is 6.26 Å². The van der Waals surface area contributed by atoms with E-state index in [0.29, 0.717) is 5.41 Å². The molecule has 2 rings (SSSR count). The molecule has 1 fully saturated rings. The number of hydrogen-bond acceptors (Lipinski definition) is 1. The first-order chi connectivity index (χ1) is 6.72. The van der Waals surface area contributed by atoms with Crippen molar-refractivity contribution in [2.45, 2.75) is 24.7 Å². The van der Waals surface area contributed by atoms with Gasteiger partial charge >= 0.3 is 0 Å². The van der Waals surface area contributed by atoms with Gasteiger partial charge in [0.15, 0.2) is 0 Å². The summed E-state index contributed by atoms with van der Waals surface area (Å²) in [4.78, 5) is 1.29. The van der Waals surface area contributed by atoms with Gasteiger partial charge in [0.25, 0.3) is 0 Å². The van der Waals surface area contributed by atoms with Crippen molar-refractivity contribution >= 4 is 11.8 Å². The Morgan fingerprint density at radius 1 is 1.36 bits per heavy atom. The molecule has 1 heteroatoms. The minimum Gasteiger partial charge on any atom is -0.130 e. The maximum Gasteiger partial charge on any atom is 0.0291 e. The second-order valence-corrected chi connectivity index (χ2v) is 4.92. The van der Waals surface area contributed by atoms with Crippen molar-refractivity contribution in [3.63, 3.8) is 0 Å². The molecule has 0 aromatic heterocycles. The molecule has 0 saturated heterocycles. The van der Waals surface area contributed by atoms with Crippen LogP contribution in [0, 0.1) is 17.3 Å². The van der Waals surface area contributed by atoms with Crippen LogP contribution in [0.3, 0.4) is 0 Å². The summed E-state index contributed by atoms with van der Waals surface area (Å²) in [5.74, 6) is 6.60. The van der Waals surface area contributed by atoms with Crippen LogP contribution in [0.4, 0.5) is 0 Å². The van der Waals surface area contributed by atoms with Crippen LogP contribution in [-0.2, 0) is 0 Å². The molecule has 0 unspecified atom stereocenters. The van der Waals surface area contributed by atoms with Gasteiger partial charge in [-0.3, -0.25) is 0 Å². The molecular formula is C13H14S. The highest BCUT2D eigenvalue weighted by Gasteiger charge is 2.35. The van der Waals surface area contributed by atoms with E-state index >= 15 is 0 Å². The normalized spacial score (nSPS) is 17.0. The van der Waals surface area contributed by atoms with Crippen LogP contribution < -0.4 is 0 Å². The van der Waals surface area contributed by atoms with Crippen molar-refractivity contribution in [1.82, 2.24) is 0 Å². The summed E-state index contributed by atoms with van der Waals surface area (Å²) in [6.07, 6.45) is 4.62. The number of hydrogen-bond donors (Lipinski definition) is 0. The summed E-state index contributed by atoms with van der Waals surface area (Å²) in [6.45, 7) is 2.23. The summed E-state index contributed by atoms with van der Waals surface area (Å²) in [7, 11) is 0. The lowest BCUT2D eigenvalue weighted by atomic mass is 10.1. The van der Waals surface area contributed by atoms with Crippen molar-refractivity contribution in [1.29, 1.82) is 0 Å². The fourth-order valence-electron chi connectivity index (χ4n) is 1.24. The maximum atomic E-state index is 3.34. The van der Waals surface area contributed by atoms with E-state index in [1.165, 1.54) is 17.7 Å². The van der Waals surface area contributed by atoms with Crippen LogP contribution in [0.15, 0.2) is 29.2 Å². The van der Waals surface area contributed by atoms with Gasteiger partial charge in [0.05, 0.1) is 0 Å². The van der Waals surface area contributed by atoms with Gasteiger partial charge in [0, 0.05) is 15.9 Å². The van der Waals surface area contributed by atoms with Gasteiger partial charge in [-0.1, -0.05) is 17.9 Å². The Morgan fingerprint density at radius 2 is 2.14 bits per heavy atom. The molecule has 0 radical (unpaired) electrons. The molecule has 0 bridgehead atoms. The molecular weight excluding hydrogens is 188 g/mol. The van der Waals surface area contributed by atoms with Crippen molar-refractivity contribution in [2.75, 3.05) is 6.26 Å². The number of benzene rings is 1. The van der Waals surface area contributed by atoms with E-state index < -0.39 is 0 Å². The zero-order valence-corrected chi connectivity index (χ0v) is 9.45. The molecule has 1 aromatic carbocycles. The highest BCUT2D eigenvalue weighted by Crippen LogP contribution is 2.44. The van der Waals surface area contributed by atoms with Gasteiger partial charge < -0.3 is 0 Å². The SMILES string of the molecule is CSc1cccc(C#CC2(C)CC2)c1. The van der Waals surface area contributed by atoms with Crippen LogP contribution in [0.5, 0.6) is 0 Å². The van der Waals surface area contributed by atoms with E-state index in [9.17, 15) is 0 Å². The lowest BCUT2D eigenvalue weighted by Crippen LogP contribution is -1.85. The molecule has 1 aromatic rings. The molecule has 0 spiro atoms. The summed E-state index contributed by atoms with van der Waals surface area (Å²) in [6, 6.07) is 8.43. The minimum absolute atomic E-state index is 0.329. The van der Waals surface area contributed by atoms with Crippen LogP contribution in [0.25, 0.3) is 0 Å². The number of thioether (sulfide) groups is 1. The quantitative estimate of drug-likeness (QED) is 0.495. The standard InChI is InChI=1S/C13H14S/c1-13(8-9-13)7-6-11-4-3-5-12(10-11)14-2/h3-5,10H,8-9H2,1-2H3. The van der Waals surface area contributed by atoms with Crippen molar-refractivity contribution in [3.8, 4) is 11.8 Å². The zero-order chi connectivity index (χ0) is 10.0. The van der Waals surface area contributed by atoms with E-state index in [2.05, 4.69) is 49.3 Å². The maximum absolute atomic E-state index is 3.34. The fourth-order valence-corrected chi connectivity index (χ4v) is 1.70. The Kier molecular flexibility index (Phi) is 2.56. The Balaban J connectivity index is 2.18. The van der Waals surface area contributed by atoms with Gasteiger partial charge in [0.1, 0.15) is 0 Å². The third-order valence-corrected chi connectivity index (χ3v) is 3.30. The Bertz CT molecular complexity index is 391. The van der Waals surface area contributed by atoms with Gasteiger partial charge in [-0.2, -0.15) is 0 Å². The molecule has 0 amide bonds. The Hall–Kier alpha value is -0.870. The van der Waals surface area contributed by atoms with E-state index in [4.69, 9.17) is 0 Å². The molecule has 1 aliphatic carbocycles. The van der Waals surface area contributed by atoms with Crippen LogP contribution >= 0.6 is 11.8 Å². The van der Waals surface area contributed by atoms with Crippen LogP contribution in [0.1, 0.15) is 25.3 Å². The average Bonchev–Trinajstić information content (AvgIpc) is 2.95. The predicted octanol–water partition coefficient (Wildman–Crippen LogP) is 3.56. The molecule has 14 heavy (non-hydrogen) atoms. The molecule has 0 nitrogen and oxygen atoms in total. The van der Waals surface area contributed by atoms with E-state index in [1.807, 2.05) is 0 Å². The Labute approximate surface area is 90.1 Å². The average molecular weight is 202 g/mol. The smallest absolute Gasteiger partial charge is 0.0291 e. The van der Waals surface area contributed by atoms with Crippen molar-refractivity contribution in [2.24, 2.45) is 5.41 Å². The summed E-state index contributed by atoms with van der Waals surface area (Å²) in [5.41, 5.74) is 1.47. The largest absolute Gasteiger partial charge is 0.130 e. The van der Waals surface area contributed by atoms with Crippen LogP contribution in [0.2, 0.25) is 0 Å². The van der Waals surface area contributed by atoms with Gasteiger partial charge in [-0.15, -0.1) is 11.8 Å². The summed E-state index contributed by atoms with van der Waals surface area (Å²) >= 11 is 1.76. The number of rotatable bonds is 1. The third kappa shape index (κ3) is 2.33. The first-order valence-corrected chi connectivity index (χ1v) is 6.12. The summed E-state index contributed by atoms with van der Waals surface area (Å²) in [5, 5.41) is 0. The molecule has 0 heterocycles. The molecule has 1 saturated carbocycles. The van der Waals surface area contributed by atoms with Gasteiger partial charge in [0.2, 0.25) is 0 Å². The van der Waals surface area contributed by atoms with Crippen molar-refractivity contribution in [3.05, 3.63) is 29.8 Å². The highest BCUT2D eigenvalue weighted by atomic mass is 32.2. The zero-order valence-electron chi connectivity index (χ0n) is 8.63.